The van der Waals surface area contributed by atoms with Gasteiger partial charge in [-0.25, -0.2) is 15.0 Å². The van der Waals surface area contributed by atoms with E-state index in [2.05, 4.69) is 124 Å². The van der Waals surface area contributed by atoms with Gasteiger partial charge in [0.1, 0.15) is 0 Å². The summed E-state index contributed by atoms with van der Waals surface area (Å²) in [6.07, 6.45) is 0. The van der Waals surface area contributed by atoms with Gasteiger partial charge < -0.3 is 8.80 Å². The van der Waals surface area contributed by atoms with Gasteiger partial charge in [-0.05, 0) is 36.4 Å². The Morgan fingerprint density at radius 1 is 0.300 bits per heavy atom. The van der Waals surface area contributed by atoms with Crippen molar-refractivity contribution in [1.29, 1.82) is 0 Å². The maximum Gasteiger partial charge on any atom is 0.164 e. The number of aromatic nitrogens is 5. The van der Waals surface area contributed by atoms with Gasteiger partial charge in [-0.1, -0.05) is 115 Å². The summed E-state index contributed by atoms with van der Waals surface area (Å²) in [7, 11) is 0. The molecular weight excluding hydrogens is 611 g/mol. The smallest absolute Gasteiger partial charge is 0.164 e. The molecule has 5 aromatic heterocycles. The maximum atomic E-state index is 5.10. The van der Waals surface area contributed by atoms with Crippen LogP contribution in [0.4, 0.5) is 0 Å². The Morgan fingerprint density at radius 3 is 1.12 bits per heavy atom. The molecule has 50 heavy (non-hydrogen) atoms. The Kier molecular flexibility index (Phi) is 4.91. The minimum atomic E-state index is 0.658. The Morgan fingerprint density at radius 2 is 0.660 bits per heavy atom. The fourth-order valence-corrected chi connectivity index (χ4v) is 8.61. The quantitative estimate of drug-likeness (QED) is 0.194. The van der Waals surface area contributed by atoms with Crippen LogP contribution in [0.2, 0.25) is 0 Å². The fraction of sp³-hybridized carbons (Fsp3) is 0. The number of nitrogens with zero attached hydrogens (tertiary/aromatic N) is 5. The predicted octanol–water partition coefficient (Wildman–Crippen LogP) is 11.2. The van der Waals surface area contributed by atoms with Crippen LogP contribution in [-0.4, -0.2) is 23.8 Å². The van der Waals surface area contributed by atoms with Crippen molar-refractivity contribution in [3.8, 4) is 34.2 Å². The third-order valence-electron chi connectivity index (χ3n) is 10.6. The molecule has 0 spiro atoms. The van der Waals surface area contributed by atoms with Gasteiger partial charge in [0.15, 0.2) is 17.5 Å². The van der Waals surface area contributed by atoms with Crippen LogP contribution >= 0.6 is 0 Å². The number of rotatable bonds is 3. The van der Waals surface area contributed by atoms with Crippen LogP contribution in [0.5, 0.6) is 0 Å². The van der Waals surface area contributed by atoms with Crippen LogP contribution in [0.3, 0.4) is 0 Å². The zero-order valence-electron chi connectivity index (χ0n) is 26.7. The highest BCUT2D eigenvalue weighted by molar-refractivity contribution is 6.45. The molecule has 230 valence electrons. The second-order valence-corrected chi connectivity index (χ2v) is 13.2. The Bertz CT molecular complexity index is 3240. The van der Waals surface area contributed by atoms with Crippen LogP contribution in [-0.2, 0) is 0 Å². The van der Waals surface area contributed by atoms with E-state index in [9.17, 15) is 0 Å². The van der Waals surface area contributed by atoms with E-state index in [0.29, 0.717) is 17.5 Å². The van der Waals surface area contributed by atoms with Crippen molar-refractivity contribution in [3.05, 3.63) is 152 Å². The van der Waals surface area contributed by atoms with E-state index in [4.69, 9.17) is 15.0 Å². The van der Waals surface area contributed by atoms with E-state index in [1.807, 2.05) is 36.4 Å². The summed E-state index contributed by atoms with van der Waals surface area (Å²) in [5.74, 6) is 1.98. The molecule has 7 aromatic carbocycles. The van der Waals surface area contributed by atoms with Gasteiger partial charge in [0, 0.05) is 59.8 Å². The van der Waals surface area contributed by atoms with Gasteiger partial charge in [0.05, 0.1) is 33.1 Å². The molecule has 0 N–H and O–H groups in total. The van der Waals surface area contributed by atoms with Crippen LogP contribution in [0.25, 0.3) is 110 Å². The first kappa shape index (κ1) is 26.1. The molecule has 12 aromatic rings. The number of hydrogen-bond acceptors (Lipinski definition) is 3. The minimum absolute atomic E-state index is 0.658. The van der Waals surface area contributed by atoms with E-state index in [1.165, 1.54) is 76.2 Å². The molecule has 5 nitrogen and oxygen atoms in total. The lowest BCUT2D eigenvalue weighted by molar-refractivity contribution is 1.07. The van der Waals surface area contributed by atoms with Crippen molar-refractivity contribution in [2.45, 2.75) is 0 Å². The molecule has 0 amide bonds. The molecule has 0 fully saturated rings. The molecule has 5 heterocycles. The number of benzene rings is 7. The van der Waals surface area contributed by atoms with Crippen LogP contribution in [0.15, 0.2) is 152 Å². The lowest BCUT2D eigenvalue weighted by Gasteiger charge is -2.09. The molecule has 0 saturated heterocycles. The van der Waals surface area contributed by atoms with Crippen molar-refractivity contribution in [2.24, 2.45) is 0 Å². The van der Waals surface area contributed by atoms with Gasteiger partial charge in [-0.2, -0.15) is 0 Å². The molecule has 0 aliphatic carbocycles. The molecule has 12 rings (SSSR count). The highest BCUT2D eigenvalue weighted by Crippen LogP contribution is 2.51. The Balaban J connectivity index is 1.26. The van der Waals surface area contributed by atoms with Gasteiger partial charge >= 0.3 is 0 Å². The van der Waals surface area contributed by atoms with E-state index in [1.54, 1.807) is 0 Å². The second kappa shape index (κ2) is 9.40. The maximum absolute atomic E-state index is 5.10. The monoisotopic (exact) mass is 635 g/mol. The standard InChI is InChI=1S/C45H25N5/c1-3-13-26(14-4-1)43-46-44(27-15-5-2-6-16-27)48-45(47-43)28-23-24-36-32(25-28)40-39-31-19-9-11-21-34(31)49-33-20-10-7-17-29(33)37(41(39)49)38-30-18-8-12-22-35(30)50(36)42(38)40/h1-25H. The fourth-order valence-electron chi connectivity index (χ4n) is 8.61. The van der Waals surface area contributed by atoms with Crippen molar-refractivity contribution in [2.75, 3.05) is 0 Å². The van der Waals surface area contributed by atoms with Gasteiger partial charge in [-0.3, -0.25) is 0 Å². The van der Waals surface area contributed by atoms with E-state index in [-0.39, 0.29) is 0 Å². The summed E-state index contributed by atoms with van der Waals surface area (Å²) < 4.78 is 4.98. The van der Waals surface area contributed by atoms with Crippen LogP contribution in [0, 0.1) is 0 Å². The highest BCUT2D eigenvalue weighted by Gasteiger charge is 2.28. The second-order valence-electron chi connectivity index (χ2n) is 13.2. The summed E-state index contributed by atoms with van der Waals surface area (Å²) in [4.78, 5) is 15.1. The van der Waals surface area contributed by atoms with Crippen molar-refractivity contribution >= 4 is 76.2 Å². The number of fused-ring (bicyclic) bond motifs is 14. The Hall–Kier alpha value is -6.85. The average Bonchev–Trinajstić information content (AvgIpc) is 3.91. The summed E-state index contributed by atoms with van der Waals surface area (Å²) in [5, 5.41) is 10.2. The van der Waals surface area contributed by atoms with E-state index >= 15 is 0 Å². The predicted molar refractivity (Wildman–Crippen MR) is 205 cm³/mol. The molecule has 0 aliphatic heterocycles. The summed E-state index contributed by atoms with van der Waals surface area (Å²) in [5.41, 5.74) is 10.3. The van der Waals surface area contributed by atoms with Crippen LogP contribution < -0.4 is 0 Å². The SMILES string of the molecule is c1ccc(-c2nc(-c3ccccc3)nc(-c3ccc4c(c3)c3c5c6ccccc6n6c7ccccc7c(c7c8ccccc8n4c73)c56)n2)cc1. The number of hydrogen-bond donors (Lipinski definition) is 0. The van der Waals surface area contributed by atoms with Gasteiger partial charge in [0.2, 0.25) is 0 Å². The van der Waals surface area contributed by atoms with E-state index in [0.717, 1.165) is 16.7 Å². The molecule has 0 aliphatic rings. The third kappa shape index (κ3) is 3.24. The van der Waals surface area contributed by atoms with Crippen molar-refractivity contribution in [3.63, 3.8) is 0 Å². The first-order chi connectivity index (χ1) is 24.8. The van der Waals surface area contributed by atoms with Crippen molar-refractivity contribution < 1.29 is 0 Å². The Labute approximate surface area is 285 Å². The first-order valence-corrected chi connectivity index (χ1v) is 17.0. The average molecular weight is 636 g/mol. The molecular formula is C45H25N5. The molecule has 0 saturated carbocycles. The molecule has 0 unspecified atom stereocenters. The van der Waals surface area contributed by atoms with Gasteiger partial charge in [-0.15, -0.1) is 0 Å². The summed E-state index contributed by atoms with van der Waals surface area (Å²) >= 11 is 0. The zero-order valence-corrected chi connectivity index (χ0v) is 26.7. The third-order valence-corrected chi connectivity index (χ3v) is 10.6. The minimum Gasteiger partial charge on any atom is -0.308 e. The summed E-state index contributed by atoms with van der Waals surface area (Å²) in [6.45, 7) is 0. The van der Waals surface area contributed by atoms with Gasteiger partial charge in [0.25, 0.3) is 0 Å². The lowest BCUT2D eigenvalue weighted by atomic mass is 9.97. The molecule has 0 radical (unpaired) electrons. The van der Waals surface area contributed by atoms with E-state index < -0.39 is 0 Å². The lowest BCUT2D eigenvalue weighted by Crippen LogP contribution is -2.00. The molecule has 0 atom stereocenters. The topological polar surface area (TPSA) is 47.5 Å². The highest BCUT2D eigenvalue weighted by atomic mass is 15.0. The van der Waals surface area contributed by atoms with Crippen molar-refractivity contribution in [1.82, 2.24) is 23.8 Å². The first-order valence-electron chi connectivity index (χ1n) is 17.0. The summed E-state index contributed by atoms with van der Waals surface area (Å²) in [6, 6.07) is 53.7. The largest absolute Gasteiger partial charge is 0.308 e. The van der Waals surface area contributed by atoms with Crippen LogP contribution in [0.1, 0.15) is 0 Å². The molecule has 0 bridgehead atoms. The molecule has 5 heteroatoms. The normalized spacial score (nSPS) is 12.4. The zero-order chi connectivity index (χ0) is 32.5. The number of para-hydroxylation sites is 3.